The highest BCUT2D eigenvalue weighted by atomic mass is 32.2. The van der Waals surface area contributed by atoms with Gasteiger partial charge in [0.25, 0.3) is 0 Å². The average Bonchev–Trinajstić information content (AvgIpc) is 2.63. The highest BCUT2D eigenvalue weighted by Gasteiger charge is 2.06. The summed E-state index contributed by atoms with van der Waals surface area (Å²) in [6.45, 7) is 4.19. The number of nitrogens with zero attached hydrogens (tertiary/aromatic N) is 3. The molecule has 1 N–H and O–H groups in total. The third kappa shape index (κ3) is 5.66. The van der Waals surface area contributed by atoms with Crippen LogP contribution < -0.4 is 5.32 Å². The van der Waals surface area contributed by atoms with Crippen molar-refractivity contribution in [2.75, 3.05) is 5.32 Å². The van der Waals surface area contributed by atoms with E-state index in [9.17, 15) is 4.79 Å². The summed E-state index contributed by atoms with van der Waals surface area (Å²) in [4.78, 5) is 21.5. The second kappa shape index (κ2) is 9.16. The van der Waals surface area contributed by atoms with Gasteiger partial charge in [0.1, 0.15) is 17.3 Å². The van der Waals surface area contributed by atoms with E-state index in [0.717, 1.165) is 15.7 Å². The van der Waals surface area contributed by atoms with E-state index in [4.69, 9.17) is 5.26 Å². The highest BCUT2D eigenvalue weighted by molar-refractivity contribution is 7.99. The number of anilines is 1. The zero-order valence-corrected chi connectivity index (χ0v) is 16.6. The number of carbonyl (C=O) groups excluding carboxylic acids is 1. The lowest BCUT2D eigenvalue weighted by Gasteiger charge is -2.07. The fourth-order valence-electron chi connectivity index (χ4n) is 2.88. The van der Waals surface area contributed by atoms with Crippen LogP contribution in [0.4, 0.5) is 5.69 Å². The molecule has 3 rings (SSSR count). The summed E-state index contributed by atoms with van der Waals surface area (Å²) in [6, 6.07) is 17.7. The molecule has 1 amide bonds. The number of carbonyl (C=O) groups is 1. The maximum absolute atomic E-state index is 11.5. The molecule has 5 nitrogen and oxygen atoms in total. The monoisotopic (exact) mass is 388 g/mol. The zero-order valence-electron chi connectivity index (χ0n) is 15.8. The predicted molar refractivity (Wildman–Crippen MR) is 110 cm³/mol. The lowest BCUT2D eigenvalue weighted by molar-refractivity contribution is -0.115. The Balaban J connectivity index is 1.67. The average molecular weight is 388 g/mol. The van der Waals surface area contributed by atoms with Crippen molar-refractivity contribution in [1.82, 2.24) is 9.97 Å². The molecule has 0 radical (unpaired) electrons. The van der Waals surface area contributed by atoms with Gasteiger partial charge in [0, 0.05) is 23.2 Å². The van der Waals surface area contributed by atoms with Crippen molar-refractivity contribution < 1.29 is 4.79 Å². The minimum atomic E-state index is -0.310. The van der Waals surface area contributed by atoms with E-state index in [1.165, 1.54) is 16.7 Å². The second-order valence-electron chi connectivity index (χ2n) is 6.49. The van der Waals surface area contributed by atoms with Crippen LogP contribution in [0.5, 0.6) is 0 Å². The van der Waals surface area contributed by atoms with E-state index in [1.807, 2.05) is 36.4 Å². The smallest absolute Gasteiger partial charge is 0.238 e. The molecule has 0 fully saturated rings. The quantitative estimate of drug-likeness (QED) is 0.620. The standard InChI is InChI=1S/C22H20N4OS/c1-15-11-16(2)13-17(12-15)14-20-24-10-8-22(26-20)28-19-5-3-18(4-6-19)25-21(27)7-9-23/h3-6,8,10-13H,7,14H2,1-2H3,(H,25,27). The second-order valence-corrected chi connectivity index (χ2v) is 7.59. The molecule has 0 spiro atoms. The molecule has 0 bridgehead atoms. The van der Waals surface area contributed by atoms with E-state index in [1.54, 1.807) is 18.0 Å². The summed E-state index contributed by atoms with van der Waals surface area (Å²) in [5, 5.41) is 12.1. The van der Waals surface area contributed by atoms with Crippen molar-refractivity contribution in [1.29, 1.82) is 5.26 Å². The normalized spacial score (nSPS) is 10.3. The van der Waals surface area contributed by atoms with Crippen LogP contribution in [0.1, 0.15) is 28.9 Å². The van der Waals surface area contributed by atoms with Gasteiger partial charge in [0.05, 0.1) is 6.07 Å². The SMILES string of the molecule is Cc1cc(C)cc(Cc2nccc(Sc3ccc(NC(=O)CC#N)cc3)n2)c1. The lowest BCUT2D eigenvalue weighted by Crippen LogP contribution is -2.09. The molecule has 1 heterocycles. The van der Waals surface area contributed by atoms with Gasteiger partial charge in [0.2, 0.25) is 5.91 Å². The van der Waals surface area contributed by atoms with Crippen molar-refractivity contribution in [2.45, 2.75) is 36.6 Å². The minimum Gasteiger partial charge on any atom is -0.325 e. The van der Waals surface area contributed by atoms with Gasteiger partial charge in [-0.3, -0.25) is 4.79 Å². The summed E-state index contributed by atoms with van der Waals surface area (Å²) in [7, 11) is 0. The molecule has 140 valence electrons. The number of hydrogen-bond donors (Lipinski definition) is 1. The summed E-state index contributed by atoms with van der Waals surface area (Å²) in [5.41, 5.74) is 4.35. The number of nitrogens with one attached hydrogen (secondary N) is 1. The van der Waals surface area contributed by atoms with Crippen LogP contribution in [0, 0.1) is 25.2 Å². The Bertz CT molecular complexity index is 1010. The third-order valence-corrected chi connectivity index (χ3v) is 4.87. The Morgan fingerprint density at radius 3 is 2.50 bits per heavy atom. The fourth-order valence-corrected chi connectivity index (χ4v) is 3.67. The molecule has 0 aliphatic rings. The summed E-state index contributed by atoms with van der Waals surface area (Å²) >= 11 is 1.54. The Labute approximate surface area is 168 Å². The van der Waals surface area contributed by atoms with Crippen molar-refractivity contribution >= 4 is 23.4 Å². The molecule has 0 aliphatic heterocycles. The molecule has 2 aromatic carbocycles. The number of nitriles is 1. The van der Waals surface area contributed by atoms with Crippen LogP contribution in [-0.4, -0.2) is 15.9 Å². The number of rotatable bonds is 6. The number of benzene rings is 2. The van der Waals surface area contributed by atoms with Crippen LogP contribution in [0.3, 0.4) is 0 Å². The topological polar surface area (TPSA) is 78.7 Å². The van der Waals surface area contributed by atoms with Gasteiger partial charge in [0.15, 0.2) is 0 Å². The molecule has 1 aromatic heterocycles. The highest BCUT2D eigenvalue weighted by Crippen LogP contribution is 2.27. The van der Waals surface area contributed by atoms with Gasteiger partial charge in [-0.2, -0.15) is 5.26 Å². The Morgan fingerprint density at radius 2 is 1.82 bits per heavy atom. The Kier molecular flexibility index (Phi) is 6.41. The van der Waals surface area contributed by atoms with E-state index in [0.29, 0.717) is 12.1 Å². The van der Waals surface area contributed by atoms with Crippen LogP contribution in [0.15, 0.2) is 64.6 Å². The van der Waals surface area contributed by atoms with Crippen molar-refractivity contribution in [2.24, 2.45) is 0 Å². The molecule has 28 heavy (non-hydrogen) atoms. The van der Waals surface area contributed by atoms with Crippen molar-refractivity contribution in [3.8, 4) is 6.07 Å². The summed E-state index contributed by atoms with van der Waals surface area (Å²) in [6.07, 6.45) is 2.32. The van der Waals surface area contributed by atoms with Gasteiger partial charge in [-0.1, -0.05) is 41.1 Å². The van der Waals surface area contributed by atoms with Gasteiger partial charge >= 0.3 is 0 Å². The van der Waals surface area contributed by atoms with E-state index >= 15 is 0 Å². The van der Waals surface area contributed by atoms with Crippen LogP contribution in [-0.2, 0) is 11.2 Å². The Morgan fingerprint density at radius 1 is 1.11 bits per heavy atom. The van der Waals surface area contributed by atoms with Crippen LogP contribution in [0.25, 0.3) is 0 Å². The van der Waals surface area contributed by atoms with Gasteiger partial charge in [-0.05, 0) is 49.7 Å². The molecule has 3 aromatic rings. The van der Waals surface area contributed by atoms with Gasteiger partial charge in [-0.15, -0.1) is 0 Å². The fraction of sp³-hybridized carbons (Fsp3) is 0.182. The van der Waals surface area contributed by atoms with E-state index < -0.39 is 0 Å². The molecule has 0 aliphatic carbocycles. The first kappa shape index (κ1) is 19.6. The molecule has 0 saturated heterocycles. The third-order valence-electron chi connectivity index (χ3n) is 3.92. The number of aryl methyl sites for hydroxylation is 2. The first-order chi connectivity index (χ1) is 13.5. The molecular formula is C22H20N4OS. The number of hydrogen-bond acceptors (Lipinski definition) is 5. The summed E-state index contributed by atoms with van der Waals surface area (Å²) < 4.78 is 0. The molecule has 0 saturated carbocycles. The lowest BCUT2D eigenvalue weighted by atomic mass is 10.0. The number of aromatic nitrogens is 2. The van der Waals surface area contributed by atoms with Gasteiger partial charge < -0.3 is 5.32 Å². The first-order valence-electron chi connectivity index (χ1n) is 8.85. The molecular weight excluding hydrogens is 368 g/mol. The van der Waals surface area contributed by atoms with Crippen LogP contribution in [0.2, 0.25) is 0 Å². The largest absolute Gasteiger partial charge is 0.325 e. The zero-order chi connectivity index (χ0) is 19.9. The van der Waals surface area contributed by atoms with Crippen molar-refractivity contribution in [3.63, 3.8) is 0 Å². The molecule has 6 heteroatoms. The van der Waals surface area contributed by atoms with Gasteiger partial charge in [-0.25, -0.2) is 9.97 Å². The predicted octanol–water partition coefficient (Wildman–Crippen LogP) is 4.69. The summed E-state index contributed by atoms with van der Waals surface area (Å²) in [5.74, 6) is 0.477. The Hall–Kier alpha value is -3.17. The maximum Gasteiger partial charge on any atom is 0.238 e. The van der Waals surface area contributed by atoms with Crippen molar-refractivity contribution in [3.05, 3.63) is 77.2 Å². The van der Waals surface area contributed by atoms with Crippen LogP contribution >= 0.6 is 11.8 Å². The first-order valence-corrected chi connectivity index (χ1v) is 9.67. The minimum absolute atomic E-state index is 0.152. The number of amides is 1. The van der Waals surface area contributed by atoms with E-state index in [-0.39, 0.29) is 12.3 Å². The molecule has 0 unspecified atom stereocenters. The van der Waals surface area contributed by atoms with E-state index in [2.05, 4.69) is 47.3 Å². The maximum atomic E-state index is 11.5. The molecule has 0 atom stereocenters.